The standard InChI is InChI=1S/C23H27N5O/c29-23(21-11-5-3-9-19(21)16-28-18-24-17-25-28)26-22-12-6-4-10-20(22)15-27-13-7-1-2-8-14-27/h3-6,9-12,17-18H,1-2,7-8,13-16H2,(H,26,29). The fourth-order valence-corrected chi connectivity index (χ4v) is 3.87. The Balaban J connectivity index is 1.50. The zero-order valence-corrected chi connectivity index (χ0v) is 16.6. The SMILES string of the molecule is O=C(Nc1ccccc1CN1CCCCCC1)c1ccccc1Cn1cncn1. The molecule has 0 bridgehead atoms. The fourth-order valence-electron chi connectivity index (χ4n) is 3.87. The predicted octanol–water partition coefficient (Wildman–Crippen LogP) is 3.95. The average molecular weight is 390 g/mol. The number of aromatic nitrogens is 3. The number of carbonyl (C=O) groups is 1. The molecule has 1 amide bonds. The van der Waals surface area contributed by atoms with E-state index in [1.807, 2.05) is 42.5 Å². The van der Waals surface area contributed by atoms with Crippen LogP contribution in [-0.4, -0.2) is 38.7 Å². The molecule has 2 aromatic carbocycles. The third kappa shape index (κ3) is 5.09. The number of nitrogens with zero attached hydrogens (tertiary/aromatic N) is 4. The second-order valence-corrected chi connectivity index (χ2v) is 7.55. The number of para-hydroxylation sites is 1. The lowest BCUT2D eigenvalue weighted by Crippen LogP contribution is -2.25. The Morgan fingerprint density at radius 2 is 1.62 bits per heavy atom. The molecule has 1 aliphatic rings. The highest BCUT2D eigenvalue weighted by molar-refractivity contribution is 6.05. The molecule has 0 spiro atoms. The Hall–Kier alpha value is -2.99. The van der Waals surface area contributed by atoms with E-state index in [2.05, 4.69) is 26.4 Å². The second kappa shape index (κ2) is 9.47. The zero-order valence-electron chi connectivity index (χ0n) is 16.6. The lowest BCUT2D eigenvalue weighted by Gasteiger charge is -2.22. The van der Waals surface area contributed by atoms with Gasteiger partial charge in [-0.2, -0.15) is 5.10 Å². The van der Waals surface area contributed by atoms with Gasteiger partial charge in [0.1, 0.15) is 12.7 Å². The Morgan fingerprint density at radius 1 is 0.897 bits per heavy atom. The van der Waals surface area contributed by atoms with Gasteiger partial charge in [0.2, 0.25) is 0 Å². The molecule has 1 aromatic heterocycles. The van der Waals surface area contributed by atoms with E-state index in [4.69, 9.17) is 0 Å². The first-order valence-electron chi connectivity index (χ1n) is 10.3. The summed E-state index contributed by atoms with van der Waals surface area (Å²) in [4.78, 5) is 19.6. The molecule has 1 aliphatic heterocycles. The van der Waals surface area contributed by atoms with E-state index in [0.717, 1.165) is 36.4 Å². The molecule has 150 valence electrons. The van der Waals surface area contributed by atoms with Crippen molar-refractivity contribution >= 4 is 11.6 Å². The molecule has 6 heteroatoms. The van der Waals surface area contributed by atoms with Gasteiger partial charge in [0, 0.05) is 17.8 Å². The maximum Gasteiger partial charge on any atom is 0.256 e. The van der Waals surface area contributed by atoms with Crippen molar-refractivity contribution in [2.75, 3.05) is 18.4 Å². The maximum absolute atomic E-state index is 13.1. The third-order valence-electron chi connectivity index (χ3n) is 5.42. The summed E-state index contributed by atoms with van der Waals surface area (Å²) >= 11 is 0. The molecule has 1 saturated heterocycles. The van der Waals surface area contributed by atoms with Crippen LogP contribution in [0, 0.1) is 0 Å². The van der Waals surface area contributed by atoms with Crippen molar-refractivity contribution in [1.82, 2.24) is 19.7 Å². The first-order valence-corrected chi connectivity index (χ1v) is 10.3. The van der Waals surface area contributed by atoms with Crippen molar-refractivity contribution in [3.05, 3.63) is 77.9 Å². The molecule has 0 atom stereocenters. The number of likely N-dealkylation sites (tertiary alicyclic amines) is 1. The Kier molecular flexibility index (Phi) is 6.32. The van der Waals surface area contributed by atoms with Crippen LogP contribution in [0.15, 0.2) is 61.2 Å². The third-order valence-corrected chi connectivity index (χ3v) is 5.42. The van der Waals surface area contributed by atoms with E-state index >= 15 is 0 Å². The van der Waals surface area contributed by atoms with E-state index in [-0.39, 0.29) is 5.91 Å². The van der Waals surface area contributed by atoms with Crippen LogP contribution in [0.2, 0.25) is 0 Å². The summed E-state index contributed by atoms with van der Waals surface area (Å²) in [5.74, 6) is -0.0935. The van der Waals surface area contributed by atoms with Crippen LogP contribution in [0.4, 0.5) is 5.69 Å². The van der Waals surface area contributed by atoms with Crippen LogP contribution in [0.5, 0.6) is 0 Å². The maximum atomic E-state index is 13.1. The monoisotopic (exact) mass is 389 g/mol. The number of rotatable bonds is 6. The van der Waals surface area contributed by atoms with Gasteiger partial charge in [-0.1, -0.05) is 49.2 Å². The van der Waals surface area contributed by atoms with Gasteiger partial charge in [-0.3, -0.25) is 9.69 Å². The zero-order chi connectivity index (χ0) is 19.9. The number of anilines is 1. The van der Waals surface area contributed by atoms with Crippen LogP contribution in [0.1, 0.15) is 47.2 Å². The van der Waals surface area contributed by atoms with E-state index in [0.29, 0.717) is 12.1 Å². The summed E-state index contributed by atoms with van der Waals surface area (Å²) in [6.07, 6.45) is 8.30. The number of hydrogen-bond acceptors (Lipinski definition) is 4. The highest BCUT2D eigenvalue weighted by Crippen LogP contribution is 2.21. The lowest BCUT2D eigenvalue weighted by molar-refractivity contribution is 0.102. The van der Waals surface area contributed by atoms with Crippen molar-refractivity contribution in [3.63, 3.8) is 0 Å². The van der Waals surface area contributed by atoms with Crippen LogP contribution < -0.4 is 5.32 Å². The molecular weight excluding hydrogens is 362 g/mol. The van der Waals surface area contributed by atoms with Gasteiger partial charge in [0.05, 0.1) is 6.54 Å². The highest BCUT2D eigenvalue weighted by Gasteiger charge is 2.15. The van der Waals surface area contributed by atoms with E-state index < -0.39 is 0 Å². The number of nitrogens with one attached hydrogen (secondary N) is 1. The minimum atomic E-state index is -0.0935. The highest BCUT2D eigenvalue weighted by atomic mass is 16.1. The molecule has 0 saturated carbocycles. The van der Waals surface area contributed by atoms with Gasteiger partial charge >= 0.3 is 0 Å². The molecule has 29 heavy (non-hydrogen) atoms. The van der Waals surface area contributed by atoms with Gasteiger partial charge in [-0.05, 0) is 49.2 Å². The first-order chi connectivity index (χ1) is 14.3. The number of carbonyl (C=O) groups excluding carboxylic acids is 1. The van der Waals surface area contributed by atoms with Crippen molar-refractivity contribution in [3.8, 4) is 0 Å². The number of amides is 1. The normalized spacial score (nSPS) is 15.0. The van der Waals surface area contributed by atoms with Crippen LogP contribution in [0.25, 0.3) is 0 Å². The largest absolute Gasteiger partial charge is 0.322 e. The summed E-state index contributed by atoms with van der Waals surface area (Å²) in [7, 11) is 0. The van der Waals surface area contributed by atoms with Crippen LogP contribution in [-0.2, 0) is 13.1 Å². The second-order valence-electron chi connectivity index (χ2n) is 7.55. The van der Waals surface area contributed by atoms with E-state index in [9.17, 15) is 4.79 Å². The van der Waals surface area contributed by atoms with Crippen LogP contribution >= 0.6 is 0 Å². The van der Waals surface area contributed by atoms with Crippen molar-refractivity contribution in [2.24, 2.45) is 0 Å². The summed E-state index contributed by atoms with van der Waals surface area (Å²) in [6.45, 7) is 3.64. The molecule has 0 unspecified atom stereocenters. The smallest absolute Gasteiger partial charge is 0.256 e. The lowest BCUT2D eigenvalue weighted by atomic mass is 10.1. The molecule has 1 fully saturated rings. The van der Waals surface area contributed by atoms with Gasteiger partial charge < -0.3 is 5.32 Å². The average Bonchev–Trinajstić information content (AvgIpc) is 3.12. The molecular formula is C23H27N5O. The van der Waals surface area contributed by atoms with Gasteiger partial charge in [-0.25, -0.2) is 9.67 Å². The van der Waals surface area contributed by atoms with Crippen molar-refractivity contribution in [2.45, 2.75) is 38.8 Å². The number of benzene rings is 2. The van der Waals surface area contributed by atoms with Gasteiger partial charge in [0.15, 0.2) is 0 Å². The first kappa shape index (κ1) is 19.3. The molecule has 0 aliphatic carbocycles. The Bertz CT molecular complexity index is 930. The molecule has 0 radical (unpaired) electrons. The molecule has 1 N–H and O–H groups in total. The molecule has 6 nitrogen and oxygen atoms in total. The summed E-state index contributed by atoms with van der Waals surface area (Å²) in [5.41, 5.74) is 3.63. The van der Waals surface area contributed by atoms with E-state index in [1.54, 1.807) is 11.0 Å². The quantitative estimate of drug-likeness (QED) is 0.693. The molecule has 4 rings (SSSR count). The molecule has 2 heterocycles. The topological polar surface area (TPSA) is 63.1 Å². The predicted molar refractivity (Wildman–Crippen MR) is 114 cm³/mol. The summed E-state index contributed by atoms with van der Waals surface area (Å²) in [6, 6.07) is 15.8. The van der Waals surface area contributed by atoms with Crippen LogP contribution in [0.3, 0.4) is 0 Å². The van der Waals surface area contributed by atoms with Gasteiger partial charge in [-0.15, -0.1) is 0 Å². The summed E-state index contributed by atoms with van der Waals surface area (Å²) < 4.78 is 1.72. The van der Waals surface area contributed by atoms with Gasteiger partial charge in [0.25, 0.3) is 5.91 Å². The van der Waals surface area contributed by atoms with E-state index in [1.165, 1.54) is 32.0 Å². The molecule has 3 aromatic rings. The Labute approximate surface area is 171 Å². The summed E-state index contributed by atoms with van der Waals surface area (Å²) in [5, 5.41) is 7.29. The van der Waals surface area contributed by atoms with Crippen molar-refractivity contribution in [1.29, 1.82) is 0 Å². The van der Waals surface area contributed by atoms with Crippen molar-refractivity contribution < 1.29 is 4.79 Å². The number of hydrogen-bond donors (Lipinski definition) is 1. The fraction of sp³-hybridized carbons (Fsp3) is 0.348. The Morgan fingerprint density at radius 3 is 2.38 bits per heavy atom. The minimum absolute atomic E-state index is 0.0935. The minimum Gasteiger partial charge on any atom is -0.322 e.